The number of hydrogen-bond donors (Lipinski definition) is 1. The summed E-state index contributed by atoms with van der Waals surface area (Å²) in [6.45, 7) is 1.33. The van der Waals surface area contributed by atoms with Crippen LogP contribution in [0.5, 0.6) is 0 Å². The molecule has 1 amide bonds. The Bertz CT molecular complexity index is 1080. The first-order valence-electron chi connectivity index (χ1n) is 8.88. The van der Waals surface area contributed by atoms with Gasteiger partial charge in [-0.1, -0.05) is 46.3 Å². The van der Waals surface area contributed by atoms with E-state index in [-0.39, 0.29) is 17.1 Å². The molecule has 1 aliphatic rings. The molecule has 5 nitrogen and oxygen atoms in total. The molecule has 0 saturated heterocycles. The SMILES string of the molecule is C[NH+](C)CCN1C(=O)c2oc3ccc(Br)cc3c(=O)c2C1c1ccccc1. The van der Waals surface area contributed by atoms with Crippen LogP contribution >= 0.6 is 15.9 Å². The minimum absolute atomic E-state index is 0.144. The number of benzene rings is 2. The highest BCUT2D eigenvalue weighted by atomic mass is 79.9. The summed E-state index contributed by atoms with van der Waals surface area (Å²) < 4.78 is 6.72. The Morgan fingerprint density at radius 3 is 2.56 bits per heavy atom. The van der Waals surface area contributed by atoms with Crippen molar-refractivity contribution in [3.05, 3.63) is 80.1 Å². The second-order valence-corrected chi connectivity index (χ2v) is 8.00. The van der Waals surface area contributed by atoms with E-state index in [1.165, 1.54) is 4.90 Å². The molecule has 138 valence electrons. The zero-order chi connectivity index (χ0) is 19.1. The van der Waals surface area contributed by atoms with Crippen LogP contribution in [0.2, 0.25) is 0 Å². The average Bonchev–Trinajstić information content (AvgIpc) is 2.94. The van der Waals surface area contributed by atoms with Crippen molar-refractivity contribution in [2.45, 2.75) is 6.04 Å². The molecule has 0 bridgehead atoms. The number of nitrogens with one attached hydrogen (secondary N) is 1. The second-order valence-electron chi connectivity index (χ2n) is 7.08. The van der Waals surface area contributed by atoms with Gasteiger partial charge in [0.05, 0.1) is 44.2 Å². The fourth-order valence-electron chi connectivity index (χ4n) is 3.55. The highest BCUT2D eigenvalue weighted by molar-refractivity contribution is 9.10. The first kappa shape index (κ1) is 17.9. The lowest BCUT2D eigenvalue weighted by molar-refractivity contribution is -0.857. The molecule has 0 spiro atoms. The first-order chi connectivity index (χ1) is 13.0. The van der Waals surface area contributed by atoms with Gasteiger partial charge in [0.15, 0.2) is 5.43 Å². The smallest absolute Gasteiger partial charge is 0.291 e. The van der Waals surface area contributed by atoms with E-state index in [2.05, 4.69) is 15.9 Å². The van der Waals surface area contributed by atoms with E-state index in [0.717, 1.165) is 16.6 Å². The van der Waals surface area contributed by atoms with Crippen molar-refractivity contribution >= 4 is 32.8 Å². The summed E-state index contributed by atoms with van der Waals surface area (Å²) in [7, 11) is 4.08. The maximum absolute atomic E-state index is 13.3. The zero-order valence-corrected chi connectivity index (χ0v) is 16.7. The van der Waals surface area contributed by atoms with Gasteiger partial charge in [0.25, 0.3) is 5.91 Å². The Hall–Kier alpha value is -2.44. The molecule has 0 saturated carbocycles. The molecular formula is C21H20BrN2O3+. The molecule has 0 radical (unpaired) electrons. The number of amides is 1. The van der Waals surface area contributed by atoms with Crippen LogP contribution < -0.4 is 10.3 Å². The normalized spacial score (nSPS) is 16.4. The summed E-state index contributed by atoms with van der Waals surface area (Å²) in [5, 5.41) is 0.483. The first-order valence-corrected chi connectivity index (χ1v) is 9.68. The number of rotatable bonds is 4. The van der Waals surface area contributed by atoms with E-state index >= 15 is 0 Å². The zero-order valence-electron chi connectivity index (χ0n) is 15.2. The summed E-state index contributed by atoms with van der Waals surface area (Å²) in [6.07, 6.45) is 0. The molecule has 0 aliphatic carbocycles. The Kier molecular flexibility index (Phi) is 4.61. The Morgan fingerprint density at radius 2 is 1.85 bits per heavy atom. The number of halogens is 1. The van der Waals surface area contributed by atoms with Gasteiger partial charge in [-0.2, -0.15) is 0 Å². The van der Waals surface area contributed by atoms with E-state index in [0.29, 0.717) is 23.1 Å². The second kappa shape index (κ2) is 6.94. The largest absolute Gasteiger partial charge is 0.450 e. The molecule has 1 aromatic heterocycles. The predicted molar refractivity (Wildman–Crippen MR) is 107 cm³/mol. The van der Waals surface area contributed by atoms with Gasteiger partial charge >= 0.3 is 0 Å². The number of likely N-dealkylation sites (N-methyl/N-ethyl adjacent to an activating group) is 1. The third-order valence-corrected chi connectivity index (χ3v) is 5.39. The van der Waals surface area contributed by atoms with E-state index < -0.39 is 6.04 Å². The van der Waals surface area contributed by atoms with Gasteiger partial charge < -0.3 is 14.2 Å². The lowest BCUT2D eigenvalue weighted by Crippen LogP contribution is -3.06. The molecule has 2 aromatic carbocycles. The number of carbonyl (C=O) groups is 1. The maximum Gasteiger partial charge on any atom is 0.291 e. The van der Waals surface area contributed by atoms with Crippen molar-refractivity contribution in [2.75, 3.05) is 27.2 Å². The lowest BCUT2D eigenvalue weighted by atomic mass is 9.98. The standard InChI is InChI=1S/C21H19BrN2O3/c1-23(2)10-11-24-18(13-6-4-3-5-7-13)17-19(25)15-12-14(22)8-9-16(15)27-20(17)21(24)26/h3-9,12,18H,10-11H2,1-2H3/p+1. The minimum Gasteiger partial charge on any atom is -0.450 e. The fourth-order valence-corrected chi connectivity index (χ4v) is 3.91. The molecule has 4 rings (SSSR count). The van der Waals surface area contributed by atoms with Gasteiger partial charge in [-0.25, -0.2) is 0 Å². The van der Waals surface area contributed by atoms with Crippen LogP contribution in [0.25, 0.3) is 11.0 Å². The van der Waals surface area contributed by atoms with Crippen molar-refractivity contribution < 1.29 is 14.1 Å². The molecule has 1 unspecified atom stereocenters. The summed E-state index contributed by atoms with van der Waals surface area (Å²) in [5.41, 5.74) is 1.64. The molecule has 1 N–H and O–H groups in total. The molecule has 1 atom stereocenters. The third-order valence-electron chi connectivity index (χ3n) is 4.90. The Balaban J connectivity index is 1.95. The van der Waals surface area contributed by atoms with Gasteiger partial charge in [0.2, 0.25) is 5.76 Å². The number of fused-ring (bicyclic) bond motifs is 2. The number of hydrogen-bond acceptors (Lipinski definition) is 3. The summed E-state index contributed by atoms with van der Waals surface area (Å²) in [5.74, 6) is -0.0561. The molecular weight excluding hydrogens is 408 g/mol. The summed E-state index contributed by atoms with van der Waals surface area (Å²) in [6, 6.07) is 14.5. The minimum atomic E-state index is -0.423. The van der Waals surface area contributed by atoms with Gasteiger partial charge in [-0.15, -0.1) is 0 Å². The van der Waals surface area contributed by atoms with Crippen LogP contribution in [0.3, 0.4) is 0 Å². The van der Waals surface area contributed by atoms with E-state index in [9.17, 15) is 9.59 Å². The lowest BCUT2D eigenvalue weighted by Gasteiger charge is -2.25. The predicted octanol–water partition coefficient (Wildman–Crippen LogP) is 2.25. The van der Waals surface area contributed by atoms with Crippen molar-refractivity contribution in [1.82, 2.24) is 4.90 Å². The average molecular weight is 428 g/mol. The quantitative estimate of drug-likeness (QED) is 0.694. The highest BCUT2D eigenvalue weighted by Gasteiger charge is 2.42. The molecule has 0 fully saturated rings. The number of carbonyl (C=O) groups excluding carboxylic acids is 1. The molecule has 2 heterocycles. The fraction of sp³-hybridized carbons (Fsp3) is 0.238. The van der Waals surface area contributed by atoms with Crippen LogP contribution in [0.1, 0.15) is 27.7 Å². The molecule has 3 aromatic rings. The van der Waals surface area contributed by atoms with Crippen LogP contribution in [0.4, 0.5) is 0 Å². The van der Waals surface area contributed by atoms with E-state index in [4.69, 9.17) is 4.42 Å². The van der Waals surface area contributed by atoms with Crippen molar-refractivity contribution in [3.63, 3.8) is 0 Å². The van der Waals surface area contributed by atoms with Crippen LogP contribution in [-0.4, -0.2) is 38.0 Å². The topological polar surface area (TPSA) is 55.0 Å². The maximum atomic E-state index is 13.3. The van der Waals surface area contributed by atoms with E-state index in [1.807, 2.05) is 44.4 Å². The van der Waals surface area contributed by atoms with Crippen LogP contribution in [-0.2, 0) is 0 Å². The van der Waals surface area contributed by atoms with Crippen molar-refractivity contribution in [1.29, 1.82) is 0 Å². The van der Waals surface area contributed by atoms with Crippen molar-refractivity contribution in [3.8, 4) is 0 Å². The summed E-state index contributed by atoms with van der Waals surface area (Å²) in [4.78, 5) is 29.4. The van der Waals surface area contributed by atoms with E-state index in [1.54, 1.807) is 23.1 Å². The molecule has 1 aliphatic heterocycles. The van der Waals surface area contributed by atoms with Crippen LogP contribution in [0.15, 0.2) is 62.2 Å². The van der Waals surface area contributed by atoms with Gasteiger partial charge in [-0.05, 0) is 23.8 Å². The van der Waals surface area contributed by atoms with Gasteiger partial charge in [0, 0.05) is 4.47 Å². The number of nitrogens with zero attached hydrogens (tertiary/aromatic N) is 1. The Labute approximate surface area is 165 Å². The monoisotopic (exact) mass is 427 g/mol. The van der Waals surface area contributed by atoms with Gasteiger partial charge in [-0.3, -0.25) is 9.59 Å². The summed E-state index contributed by atoms with van der Waals surface area (Å²) >= 11 is 3.41. The Morgan fingerprint density at radius 1 is 1.11 bits per heavy atom. The number of quaternary nitrogens is 1. The molecule has 6 heteroatoms. The molecule has 27 heavy (non-hydrogen) atoms. The van der Waals surface area contributed by atoms with Crippen molar-refractivity contribution in [2.24, 2.45) is 0 Å². The highest BCUT2D eigenvalue weighted by Crippen LogP contribution is 2.37. The third kappa shape index (κ3) is 3.09. The van der Waals surface area contributed by atoms with Crippen LogP contribution in [0, 0.1) is 0 Å². The van der Waals surface area contributed by atoms with Gasteiger partial charge in [0.1, 0.15) is 5.58 Å².